The Bertz CT molecular complexity index is 683. The molecule has 1 heterocycles. The number of rotatable bonds is 3. The number of hydrogen-bond acceptors (Lipinski definition) is 5. The summed E-state index contributed by atoms with van der Waals surface area (Å²) in [6.07, 6.45) is -2.67. The number of carbonyl (C=O) groups excluding carboxylic acids is 3. The second kappa shape index (κ2) is 7.22. The second-order valence-corrected chi connectivity index (χ2v) is 5.37. The van der Waals surface area contributed by atoms with Crippen LogP contribution in [0.15, 0.2) is 24.3 Å². The summed E-state index contributed by atoms with van der Waals surface area (Å²) in [5, 5.41) is 0.523. The van der Waals surface area contributed by atoms with Crippen LogP contribution in [0.4, 0.5) is 18.4 Å². The molecular weight excluding hydrogens is 362 g/mol. The molecule has 25 heavy (non-hydrogen) atoms. The van der Waals surface area contributed by atoms with Crippen molar-refractivity contribution in [1.82, 2.24) is 10.0 Å². The van der Waals surface area contributed by atoms with Gasteiger partial charge in [0.05, 0.1) is 13.2 Å². The van der Waals surface area contributed by atoms with Gasteiger partial charge in [0.1, 0.15) is 0 Å². The number of hydrogen-bond donors (Lipinski definition) is 0. The van der Waals surface area contributed by atoms with Crippen LogP contribution in [-0.4, -0.2) is 47.2 Å². The van der Waals surface area contributed by atoms with Crippen molar-refractivity contribution in [3.8, 4) is 0 Å². The van der Waals surface area contributed by atoms with Crippen LogP contribution in [0.1, 0.15) is 25.5 Å². The van der Waals surface area contributed by atoms with Gasteiger partial charge in [0.2, 0.25) is 0 Å². The lowest BCUT2D eigenvalue weighted by molar-refractivity contribution is -0.148. The number of amides is 3. The average Bonchev–Trinajstić information content (AvgIpc) is 2.76. The normalized spacial score (nSPS) is 19.1. The minimum Gasteiger partial charge on any atom is -0.448 e. The molecule has 0 aromatic heterocycles. The molecule has 0 saturated carbocycles. The summed E-state index contributed by atoms with van der Waals surface area (Å²) < 4.78 is 38.6. The van der Waals surface area contributed by atoms with Crippen molar-refractivity contribution in [3.63, 3.8) is 0 Å². The Morgan fingerprint density at radius 2 is 1.64 bits per heavy atom. The zero-order chi connectivity index (χ0) is 18.8. The lowest BCUT2D eigenvalue weighted by Gasteiger charge is -2.28. The van der Waals surface area contributed by atoms with Crippen molar-refractivity contribution in [1.29, 1.82) is 0 Å². The molecule has 1 atom stereocenters. The van der Waals surface area contributed by atoms with Gasteiger partial charge in [-0.05, 0) is 31.5 Å². The van der Waals surface area contributed by atoms with Crippen LogP contribution in [-0.2, 0) is 14.3 Å². The maximum atomic E-state index is 14.6. The molecule has 136 valence electrons. The van der Waals surface area contributed by atoms with E-state index in [0.29, 0.717) is 0 Å². The lowest BCUT2D eigenvalue weighted by atomic mass is 10.0. The molecule has 0 spiro atoms. The van der Waals surface area contributed by atoms with Gasteiger partial charge in [-0.2, -0.15) is 13.8 Å². The van der Waals surface area contributed by atoms with Crippen molar-refractivity contribution in [2.75, 3.05) is 13.2 Å². The molecule has 0 radical (unpaired) electrons. The van der Waals surface area contributed by atoms with E-state index in [4.69, 9.17) is 16.3 Å². The Balaban J connectivity index is 2.56. The number of hydrazine groups is 1. The van der Waals surface area contributed by atoms with E-state index in [1.165, 1.54) is 38.1 Å². The summed E-state index contributed by atoms with van der Waals surface area (Å²) >= 11 is 5.74. The maximum absolute atomic E-state index is 14.6. The van der Waals surface area contributed by atoms with Crippen LogP contribution < -0.4 is 0 Å². The van der Waals surface area contributed by atoms with Crippen LogP contribution in [0.2, 0.25) is 5.02 Å². The van der Waals surface area contributed by atoms with Crippen molar-refractivity contribution in [3.05, 3.63) is 34.9 Å². The molecular formula is C15H15ClF2N2O5. The summed E-state index contributed by atoms with van der Waals surface area (Å²) in [5.41, 5.74) is -0.0948. The standard InChI is InChI=1S/C15H15ClF2N2O5/c1-3-24-13(22)19-11(9-5-7-10(16)8-6-9)15(17,18)12(21)20(19)14(23)25-4-2/h5-8,11H,3-4H2,1-2H3. The van der Waals surface area contributed by atoms with Crippen molar-refractivity contribution in [2.45, 2.75) is 25.8 Å². The fraction of sp³-hybridized carbons (Fsp3) is 0.400. The summed E-state index contributed by atoms with van der Waals surface area (Å²) in [7, 11) is 0. The van der Waals surface area contributed by atoms with Crippen LogP contribution >= 0.6 is 11.6 Å². The Morgan fingerprint density at radius 1 is 1.12 bits per heavy atom. The highest BCUT2D eigenvalue weighted by Crippen LogP contribution is 2.45. The minimum atomic E-state index is -4.06. The number of imide groups is 1. The number of carbonyl (C=O) groups is 3. The predicted octanol–water partition coefficient (Wildman–Crippen LogP) is 3.39. The highest BCUT2D eigenvalue weighted by atomic mass is 35.5. The first-order valence-corrected chi connectivity index (χ1v) is 7.73. The van der Waals surface area contributed by atoms with Crippen molar-refractivity contribution >= 4 is 29.7 Å². The molecule has 1 aromatic carbocycles. The fourth-order valence-corrected chi connectivity index (χ4v) is 2.48. The van der Waals surface area contributed by atoms with E-state index in [0.717, 1.165) is 0 Å². The highest BCUT2D eigenvalue weighted by molar-refractivity contribution is 6.30. The SMILES string of the molecule is CCOC(=O)N1C(=O)C(F)(F)C(c2ccc(Cl)cc2)N1C(=O)OCC. The van der Waals surface area contributed by atoms with Gasteiger partial charge in [-0.25, -0.2) is 9.59 Å². The molecule has 0 N–H and O–H groups in total. The Morgan fingerprint density at radius 3 is 2.16 bits per heavy atom. The third-order valence-corrected chi connectivity index (χ3v) is 3.61. The van der Waals surface area contributed by atoms with Gasteiger partial charge in [0.15, 0.2) is 6.04 Å². The molecule has 1 fully saturated rings. The Kier molecular flexibility index (Phi) is 5.46. The van der Waals surface area contributed by atoms with Gasteiger partial charge in [0.25, 0.3) is 0 Å². The second-order valence-electron chi connectivity index (χ2n) is 4.94. The number of nitrogens with zero attached hydrogens (tertiary/aromatic N) is 2. The van der Waals surface area contributed by atoms with Gasteiger partial charge in [-0.1, -0.05) is 23.7 Å². The largest absolute Gasteiger partial charge is 0.448 e. The first-order chi connectivity index (χ1) is 11.8. The zero-order valence-electron chi connectivity index (χ0n) is 13.4. The molecule has 1 aliphatic rings. The molecule has 1 saturated heterocycles. The molecule has 3 amide bonds. The molecule has 1 aliphatic heterocycles. The molecule has 0 bridgehead atoms. The lowest BCUT2D eigenvalue weighted by Crippen LogP contribution is -2.48. The zero-order valence-corrected chi connectivity index (χ0v) is 14.1. The highest BCUT2D eigenvalue weighted by Gasteiger charge is 2.66. The number of alkyl halides is 2. The molecule has 7 nitrogen and oxygen atoms in total. The molecule has 1 aromatic rings. The van der Waals surface area contributed by atoms with Gasteiger partial charge < -0.3 is 9.47 Å². The summed E-state index contributed by atoms with van der Waals surface area (Å²) in [6, 6.07) is 3.05. The van der Waals surface area contributed by atoms with Gasteiger partial charge in [-0.15, -0.1) is 5.01 Å². The third-order valence-electron chi connectivity index (χ3n) is 3.36. The van der Waals surface area contributed by atoms with Gasteiger partial charge >= 0.3 is 24.0 Å². The van der Waals surface area contributed by atoms with Crippen molar-refractivity contribution < 1.29 is 32.6 Å². The summed E-state index contributed by atoms with van der Waals surface area (Å²) in [6.45, 7) is 2.58. The molecule has 1 unspecified atom stereocenters. The third kappa shape index (κ3) is 3.37. The van der Waals surface area contributed by atoms with E-state index in [1.807, 2.05) is 0 Å². The molecule has 0 aliphatic carbocycles. The van der Waals surface area contributed by atoms with E-state index in [-0.39, 0.29) is 33.8 Å². The van der Waals surface area contributed by atoms with E-state index >= 15 is 0 Å². The van der Waals surface area contributed by atoms with Gasteiger partial charge in [0, 0.05) is 5.02 Å². The van der Waals surface area contributed by atoms with Crippen LogP contribution in [0.25, 0.3) is 0 Å². The average molecular weight is 377 g/mol. The fourth-order valence-electron chi connectivity index (χ4n) is 2.35. The minimum absolute atomic E-state index is 0.0270. The van der Waals surface area contributed by atoms with Crippen molar-refractivity contribution in [2.24, 2.45) is 0 Å². The van der Waals surface area contributed by atoms with Crippen LogP contribution in [0.3, 0.4) is 0 Å². The Labute approximate surface area is 147 Å². The number of halogens is 3. The van der Waals surface area contributed by atoms with E-state index in [9.17, 15) is 23.2 Å². The number of ether oxygens (including phenoxy) is 2. The van der Waals surface area contributed by atoms with E-state index in [1.54, 1.807) is 0 Å². The molecule has 10 heteroatoms. The van der Waals surface area contributed by atoms with Crippen LogP contribution in [0.5, 0.6) is 0 Å². The quantitative estimate of drug-likeness (QED) is 0.808. The first-order valence-electron chi connectivity index (χ1n) is 7.36. The van der Waals surface area contributed by atoms with E-state index < -0.39 is 30.1 Å². The first kappa shape index (κ1) is 18.9. The topological polar surface area (TPSA) is 76.2 Å². The smallest absolute Gasteiger partial charge is 0.436 e. The van der Waals surface area contributed by atoms with E-state index in [2.05, 4.69) is 4.74 Å². The maximum Gasteiger partial charge on any atom is 0.436 e. The Hall–Kier alpha value is -2.42. The monoisotopic (exact) mass is 376 g/mol. The predicted molar refractivity (Wildman–Crippen MR) is 81.9 cm³/mol. The van der Waals surface area contributed by atoms with Gasteiger partial charge in [-0.3, -0.25) is 4.79 Å². The summed E-state index contributed by atoms with van der Waals surface area (Å²) in [4.78, 5) is 36.3. The number of benzene rings is 1. The van der Waals surface area contributed by atoms with Crippen LogP contribution in [0, 0.1) is 0 Å². The molecule has 2 rings (SSSR count). The summed E-state index contributed by atoms with van der Waals surface area (Å²) in [5.74, 6) is -5.94.